The number of amides is 1. The topological polar surface area (TPSA) is 95.9 Å². The first-order valence-electron chi connectivity index (χ1n) is 33.6. The van der Waals surface area contributed by atoms with Gasteiger partial charge < -0.3 is 20.3 Å². The van der Waals surface area contributed by atoms with E-state index in [-0.39, 0.29) is 18.5 Å². The molecule has 0 aliphatic carbocycles. The maximum Gasteiger partial charge on any atom is 0.305 e. The second-order valence-electron chi connectivity index (χ2n) is 23.1. The molecule has 0 heterocycles. The van der Waals surface area contributed by atoms with E-state index in [1.807, 2.05) is 0 Å². The van der Waals surface area contributed by atoms with Crippen LogP contribution in [0.15, 0.2) is 24.3 Å². The van der Waals surface area contributed by atoms with Gasteiger partial charge in [0.15, 0.2) is 0 Å². The van der Waals surface area contributed by atoms with E-state index >= 15 is 0 Å². The Morgan fingerprint density at radius 3 is 0.959 bits per heavy atom. The van der Waals surface area contributed by atoms with Gasteiger partial charge in [-0.05, 0) is 77.0 Å². The normalized spacial score (nSPS) is 12.6. The van der Waals surface area contributed by atoms with Crippen molar-refractivity contribution >= 4 is 11.9 Å². The van der Waals surface area contributed by atoms with Crippen molar-refractivity contribution in [3.8, 4) is 0 Å². The van der Waals surface area contributed by atoms with Gasteiger partial charge in [-0.1, -0.05) is 308 Å². The molecule has 0 radical (unpaired) electrons. The lowest BCUT2D eigenvalue weighted by atomic mass is 10.0. The fourth-order valence-corrected chi connectivity index (χ4v) is 10.6. The first kappa shape index (κ1) is 72.3. The fraction of sp³-hybridized carbons (Fsp3) is 0.912. The van der Waals surface area contributed by atoms with Crippen molar-refractivity contribution in [3.63, 3.8) is 0 Å². The van der Waals surface area contributed by atoms with Crippen LogP contribution < -0.4 is 5.32 Å². The van der Waals surface area contributed by atoms with Crippen molar-refractivity contribution in [2.75, 3.05) is 13.2 Å². The van der Waals surface area contributed by atoms with E-state index in [4.69, 9.17) is 4.74 Å². The van der Waals surface area contributed by atoms with Crippen molar-refractivity contribution in [3.05, 3.63) is 24.3 Å². The van der Waals surface area contributed by atoms with Gasteiger partial charge in [0.2, 0.25) is 5.91 Å². The van der Waals surface area contributed by atoms with Gasteiger partial charge in [-0.3, -0.25) is 9.59 Å². The average molecular weight is 1040 g/mol. The molecule has 0 aromatic rings. The molecule has 438 valence electrons. The van der Waals surface area contributed by atoms with Gasteiger partial charge in [-0.25, -0.2) is 0 Å². The van der Waals surface area contributed by atoms with E-state index in [9.17, 15) is 19.8 Å². The second-order valence-corrected chi connectivity index (χ2v) is 23.1. The van der Waals surface area contributed by atoms with Crippen LogP contribution in [0.25, 0.3) is 0 Å². The molecule has 0 aliphatic rings. The van der Waals surface area contributed by atoms with Crippen LogP contribution in [-0.2, 0) is 14.3 Å². The van der Waals surface area contributed by atoms with Crippen LogP contribution in [0.4, 0.5) is 0 Å². The second kappa shape index (κ2) is 63.9. The number of aliphatic hydroxyl groups is 2. The number of allylic oxidation sites excluding steroid dienone is 4. The molecule has 0 saturated heterocycles. The maximum absolute atomic E-state index is 12.5. The number of rotatable bonds is 63. The largest absolute Gasteiger partial charge is 0.466 e. The van der Waals surface area contributed by atoms with Crippen LogP contribution in [0.2, 0.25) is 0 Å². The van der Waals surface area contributed by atoms with Gasteiger partial charge >= 0.3 is 5.97 Å². The molecular weight excluding hydrogens is 911 g/mol. The SMILES string of the molecule is CCCCCCCC/C=C\CCCCCCCC(=O)OCCCCCCCCCCCCCC/C=C\CCCCCCCCCCCCCCCCCC(=O)NC(CO)C(O)CCCCCCCCCCCCC. The molecular formula is C68H131NO5. The number of hydrogen-bond donors (Lipinski definition) is 3. The van der Waals surface area contributed by atoms with Crippen LogP contribution in [0.3, 0.4) is 0 Å². The van der Waals surface area contributed by atoms with Gasteiger partial charge in [0, 0.05) is 12.8 Å². The minimum Gasteiger partial charge on any atom is -0.466 e. The quantitative estimate of drug-likeness (QED) is 0.0320. The van der Waals surface area contributed by atoms with Crippen molar-refractivity contribution < 1.29 is 24.5 Å². The van der Waals surface area contributed by atoms with Gasteiger partial charge in [0.1, 0.15) is 0 Å². The number of esters is 1. The van der Waals surface area contributed by atoms with Gasteiger partial charge in [0.05, 0.1) is 25.4 Å². The summed E-state index contributed by atoms with van der Waals surface area (Å²) in [5, 5.41) is 23.2. The summed E-state index contributed by atoms with van der Waals surface area (Å²) < 4.78 is 5.49. The predicted molar refractivity (Wildman–Crippen MR) is 324 cm³/mol. The standard InChI is InChI=1S/C68H131NO5/c1-3-5-7-9-11-13-15-16-34-38-42-46-50-54-58-62-68(73)74-63-59-55-51-47-43-39-36-33-31-29-27-25-23-21-19-17-18-20-22-24-26-28-30-32-35-37-41-45-49-53-57-61-67(72)69-65(64-70)66(71)60-56-52-48-44-40-14-12-10-8-6-4-2/h16,19,21,34,65-66,70-71H,3-15,17-18,20,22-33,35-64H2,1-2H3,(H,69,72)/b21-19-,34-16-. The summed E-state index contributed by atoms with van der Waals surface area (Å²) in [7, 11) is 0. The molecule has 3 N–H and O–H groups in total. The first-order valence-corrected chi connectivity index (χ1v) is 33.6. The summed E-state index contributed by atoms with van der Waals surface area (Å²) in [5.74, 6) is -0.0222. The van der Waals surface area contributed by atoms with Crippen molar-refractivity contribution in [2.24, 2.45) is 0 Å². The zero-order valence-electron chi connectivity index (χ0n) is 50.1. The third kappa shape index (κ3) is 59.6. The van der Waals surface area contributed by atoms with Gasteiger partial charge in [-0.2, -0.15) is 0 Å². The third-order valence-electron chi connectivity index (χ3n) is 15.7. The lowest BCUT2D eigenvalue weighted by Gasteiger charge is -2.22. The zero-order valence-corrected chi connectivity index (χ0v) is 50.1. The summed E-state index contributed by atoms with van der Waals surface area (Å²) in [4.78, 5) is 24.5. The highest BCUT2D eigenvalue weighted by Crippen LogP contribution is 2.18. The number of ether oxygens (including phenoxy) is 1. The fourth-order valence-electron chi connectivity index (χ4n) is 10.6. The smallest absolute Gasteiger partial charge is 0.305 e. The summed E-state index contributed by atoms with van der Waals surface area (Å²) in [6.45, 7) is 4.96. The Hall–Kier alpha value is -1.66. The van der Waals surface area contributed by atoms with E-state index < -0.39 is 12.1 Å². The Labute approximate surface area is 462 Å². The van der Waals surface area contributed by atoms with Crippen molar-refractivity contribution in [1.82, 2.24) is 5.32 Å². The number of unbranched alkanes of at least 4 members (excludes halogenated alkanes) is 48. The molecule has 0 fully saturated rings. The molecule has 0 bridgehead atoms. The summed E-state index contributed by atoms with van der Waals surface area (Å²) >= 11 is 0. The number of carbonyl (C=O) groups excluding carboxylic acids is 2. The predicted octanol–water partition coefficient (Wildman–Crippen LogP) is 21.4. The first-order chi connectivity index (χ1) is 36.5. The minimum atomic E-state index is -0.661. The third-order valence-corrected chi connectivity index (χ3v) is 15.7. The summed E-state index contributed by atoms with van der Waals surface area (Å²) in [5.41, 5.74) is 0. The summed E-state index contributed by atoms with van der Waals surface area (Å²) in [6.07, 6.45) is 79.4. The van der Waals surface area contributed by atoms with E-state index in [1.165, 1.54) is 295 Å². The van der Waals surface area contributed by atoms with E-state index in [0.29, 0.717) is 25.9 Å². The highest BCUT2D eigenvalue weighted by Gasteiger charge is 2.20. The van der Waals surface area contributed by atoms with Crippen LogP contribution >= 0.6 is 0 Å². The van der Waals surface area contributed by atoms with Crippen LogP contribution in [0, 0.1) is 0 Å². The molecule has 0 aromatic heterocycles. The molecule has 0 spiro atoms. The molecule has 6 nitrogen and oxygen atoms in total. The lowest BCUT2D eigenvalue weighted by molar-refractivity contribution is -0.143. The van der Waals surface area contributed by atoms with Crippen LogP contribution in [0.5, 0.6) is 0 Å². The number of aliphatic hydroxyl groups excluding tert-OH is 2. The van der Waals surface area contributed by atoms with Crippen molar-refractivity contribution in [1.29, 1.82) is 0 Å². The number of nitrogens with one attached hydrogen (secondary N) is 1. The van der Waals surface area contributed by atoms with Gasteiger partial charge in [0.25, 0.3) is 0 Å². The van der Waals surface area contributed by atoms with Crippen molar-refractivity contribution in [2.45, 2.75) is 386 Å². The van der Waals surface area contributed by atoms with Gasteiger partial charge in [-0.15, -0.1) is 0 Å². The monoisotopic (exact) mass is 1040 g/mol. The van der Waals surface area contributed by atoms with E-state index in [0.717, 1.165) is 44.9 Å². The Morgan fingerprint density at radius 1 is 0.365 bits per heavy atom. The zero-order chi connectivity index (χ0) is 53.6. The highest BCUT2D eigenvalue weighted by molar-refractivity contribution is 5.76. The van der Waals surface area contributed by atoms with Crippen LogP contribution in [0.1, 0.15) is 373 Å². The molecule has 0 aromatic carbocycles. The Balaban J connectivity index is 3.33. The maximum atomic E-state index is 12.5. The molecule has 2 atom stereocenters. The number of hydrogen-bond acceptors (Lipinski definition) is 5. The Kier molecular flexibility index (Phi) is 62.4. The summed E-state index contributed by atoms with van der Waals surface area (Å²) in [6, 6.07) is -0.538. The molecule has 0 saturated carbocycles. The Bertz CT molecular complexity index is 1150. The molecule has 0 aliphatic heterocycles. The van der Waals surface area contributed by atoms with E-state index in [2.05, 4.69) is 43.5 Å². The highest BCUT2D eigenvalue weighted by atomic mass is 16.5. The molecule has 1 amide bonds. The molecule has 2 unspecified atom stereocenters. The number of carbonyl (C=O) groups is 2. The molecule has 74 heavy (non-hydrogen) atoms. The average Bonchev–Trinajstić information content (AvgIpc) is 3.40. The molecule has 0 rings (SSSR count). The van der Waals surface area contributed by atoms with Crippen LogP contribution in [-0.4, -0.2) is 47.4 Å². The molecule has 6 heteroatoms. The lowest BCUT2D eigenvalue weighted by Crippen LogP contribution is -2.45. The van der Waals surface area contributed by atoms with E-state index in [1.54, 1.807) is 0 Å². The minimum absolute atomic E-state index is 0.0101. The Morgan fingerprint density at radius 2 is 0.635 bits per heavy atom.